The third kappa shape index (κ3) is 6.47. The molecule has 33 heavy (non-hydrogen) atoms. The van der Waals surface area contributed by atoms with Gasteiger partial charge in [-0.25, -0.2) is 0 Å². The highest BCUT2D eigenvalue weighted by molar-refractivity contribution is 5.99. The van der Waals surface area contributed by atoms with Gasteiger partial charge in [0.15, 0.2) is 0 Å². The molecule has 3 atom stereocenters. The Morgan fingerprint density at radius 1 is 1.21 bits per heavy atom. The molecule has 8 nitrogen and oxygen atoms in total. The number of hydrogen-bond donors (Lipinski definition) is 1. The van der Waals surface area contributed by atoms with Gasteiger partial charge in [-0.3, -0.25) is 14.4 Å². The lowest BCUT2D eigenvalue weighted by Gasteiger charge is -2.36. The van der Waals surface area contributed by atoms with E-state index in [0.29, 0.717) is 48.8 Å². The van der Waals surface area contributed by atoms with Crippen LogP contribution < -0.4 is 10.1 Å². The van der Waals surface area contributed by atoms with Gasteiger partial charge in [0.05, 0.1) is 17.7 Å². The van der Waals surface area contributed by atoms with Crippen molar-refractivity contribution in [3.8, 4) is 5.75 Å². The molecular formula is C25H37N3O5. The van der Waals surface area contributed by atoms with Crippen LogP contribution in [-0.2, 0) is 14.3 Å². The summed E-state index contributed by atoms with van der Waals surface area (Å²) >= 11 is 0. The van der Waals surface area contributed by atoms with Gasteiger partial charge in [-0.2, -0.15) is 0 Å². The summed E-state index contributed by atoms with van der Waals surface area (Å²) in [5.74, 6) is 0.782. The monoisotopic (exact) mass is 459 g/mol. The van der Waals surface area contributed by atoms with Gasteiger partial charge in [-0.1, -0.05) is 13.8 Å². The van der Waals surface area contributed by atoms with Crippen LogP contribution in [0.3, 0.4) is 0 Å². The van der Waals surface area contributed by atoms with E-state index in [1.807, 2.05) is 11.8 Å². The molecule has 0 bridgehead atoms. The first-order valence-corrected chi connectivity index (χ1v) is 11.9. The number of anilines is 1. The molecule has 3 rings (SSSR count). The van der Waals surface area contributed by atoms with Gasteiger partial charge in [-0.15, -0.1) is 0 Å². The van der Waals surface area contributed by atoms with Gasteiger partial charge >= 0.3 is 0 Å². The Kier molecular flexibility index (Phi) is 8.35. The Hall–Kier alpha value is -2.61. The molecule has 1 aliphatic heterocycles. The summed E-state index contributed by atoms with van der Waals surface area (Å²) in [6, 6.07) is 4.93. The first-order chi connectivity index (χ1) is 15.7. The third-order valence-electron chi connectivity index (χ3n) is 6.53. The van der Waals surface area contributed by atoms with Crippen molar-refractivity contribution in [1.29, 1.82) is 0 Å². The van der Waals surface area contributed by atoms with Crippen LogP contribution in [0.1, 0.15) is 56.8 Å². The second kappa shape index (κ2) is 11.0. The maximum absolute atomic E-state index is 13.3. The molecule has 2 aliphatic rings. The fourth-order valence-electron chi connectivity index (χ4n) is 4.14. The number of rotatable bonds is 5. The van der Waals surface area contributed by atoms with Crippen molar-refractivity contribution < 1.29 is 23.9 Å². The second-order valence-corrected chi connectivity index (χ2v) is 9.40. The van der Waals surface area contributed by atoms with E-state index in [2.05, 4.69) is 12.2 Å². The molecule has 0 unspecified atom stereocenters. The van der Waals surface area contributed by atoms with Crippen molar-refractivity contribution in [3.63, 3.8) is 0 Å². The smallest absolute Gasteiger partial charge is 0.257 e. The standard InChI is InChI=1S/C25H37N3O5/c1-6-23(29)26-19-9-10-21-20(12-19)25(31)27(4)14-22(32-5)16(2)13-28(17(3)15-33-21)24(30)11-18-7-8-18/h9-10,12,16-18,22H,6-8,11,13-15H2,1-5H3,(H,26,29)/t16-,17-,22+/m1/s1. The summed E-state index contributed by atoms with van der Waals surface area (Å²) in [5, 5.41) is 2.80. The largest absolute Gasteiger partial charge is 0.491 e. The molecule has 1 saturated carbocycles. The molecule has 0 saturated heterocycles. The summed E-state index contributed by atoms with van der Waals surface area (Å²) < 4.78 is 11.8. The second-order valence-electron chi connectivity index (χ2n) is 9.40. The minimum atomic E-state index is -0.228. The Morgan fingerprint density at radius 2 is 1.94 bits per heavy atom. The first-order valence-electron chi connectivity index (χ1n) is 11.9. The van der Waals surface area contributed by atoms with Crippen LogP contribution in [0, 0.1) is 11.8 Å². The van der Waals surface area contributed by atoms with Crippen LogP contribution >= 0.6 is 0 Å². The zero-order valence-corrected chi connectivity index (χ0v) is 20.4. The van der Waals surface area contributed by atoms with E-state index in [1.165, 1.54) is 0 Å². The fourth-order valence-corrected chi connectivity index (χ4v) is 4.14. The molecule has 1 aromatic carbocycles. The first kappa shape index (κ1) is 25.0. The normalized spacial score (nSPS) is 24.3. The summed E-state index contributed by atoms with van der Waals surface area (Å²) in [7, 11) is 3.37. The van der Waals surface area contributed by atoms with E-state index in [1.54, 1.807) is 44.2 Å². The summed E-state index contributed by atoms with van der Waals surface area (Å²) in [6.07, 6.45) is 2.94. The van der Waals surface area contributed by atoms with Crippen LogP contribution in [0.15, 0.2) is 18.2 Å². The molecule has 3 amide bonds. The van der Waals surface area contributed by atoms with E-state index in [-0.39, 0.29) is 42.4 Å². The Bertz CT molecular complexity index is 870. The highest BCUT2D eigenvalue weighted by atomic mass is 16.5. The topological polar surface area (TPSA) is 88.2 Å². The summed E-state index contributed by atoms with van der Waals surface area (Å²) in [5.41, 5.74) is 0.918. The number of carbonyl (C=O) groups excluding carboxylic acids is 3. The van der Waals surface area contributed by atoms with Crippen molar-refractivity contribution in [2.24, 2.45) is 11.8 Å². The van der Waals surface area contributed by atoms with Gasteiger partial charge in [0.2, 0.25) is 11.8 Å². The van der Waals surface area contributed by atoms with Crippen LogP contribution in [0.4, 0.5) is 5.69 Å². The number of likely N-dealkylation sites (N-methyl/N-ethyl adjacent to an activating group) is 1. The lowest BCUT2D eigenvalue weighted by Crippen LogP contribution is -2.48. The molecule has 1 aromatic rings. The number of hydrogen-bond acceptors (Lipinski definition) is 5. The van der Waals surface area contributed by atoms with Crippen molar-refractivity contribution in [2.75, 3.05) is 39.2 Å². The molecule has 182 valence electrons. The van der Waals surface area contributed by atoms with Crippen molar-refractivity contribution >= 4 is 23.4 Å². The maximum atomic E-state index is 13.3. The van der Waals surface area contributed by atoms with Gasteiger partial charge in [-0.05, 0) is 43.9 Å². The third-order valence-corrected chi connectivity index (χ3v) is 6.53. The van der Waals surface area contributed by atoms with Crippen LogP contribution in [-0.4, -0.2) is 73.5 Å². The minimum absolute atomic E-state index is 0.0323. The van der Waals surface area contributed by atoms with Gasteiger partial charge in [0.1, 0.15) is 12.4 Å². The van der Waals surface area contributed by atoms with E-state index < -0.39 is 0 Å². The number of carbonyl (C=O) groups is 3. The molecule has 1 heterocycles. The minimum Gasteiger partial charge on any atom is -0.491 e. The van der Waals surface area contributed by atoms with E-state index in [9.17, 15) is 14.4 Å². The van der Waals surface area contributed by atoms with E-state index >= 15 is 0 Å². The average Bonchev–Trinajstić information content (AvgIpc) is 3.62. The Balaban J connectivity index is 1.92. The molecular weight excluding hydrogens is 422 g/mol. The molecule has 0 aromatic heterocycles. The lowest BCUT2D eigenvalue weighted by atomic mass is 10.0. The number of fused-ring (bicyclic) bond motifs is 1. The van der Waals surface area contributed by atoms with Gasteiger partial charge in [0, 0.05) is 51.7 Å². The van der Waals surface area contributed by atoms with Gasteiger partial charge in [0.25, 0.3) is 5.91 Å². The SMILES string of the molecule is CCC(=O)Nc1ccc2c(c1)C(=O)N(C)C[C@H](OC)[C@H](C)CN(C(=O)CC1CC1)[C@H](C)CO2. The predicted molar refractivity (Wildman–Crippen MR) is 126 cm³/mol. The lowest BCUT2D eigenvalue weighted by molar-refractivity contribution is -0.135. The summed E-state index contributed by atoms with van der Waals surface area (Å²) in [4.78, 5) is 41.8. The van der Waals surface area contributed by atoms with Crippen LogP contribution in [0.2, 0.25) is 0 Å². The number of amides is 3. The fraction of sp³-hybridized carbons (Fsp3) is 0.640. The quantitative estimate of drug-likeness (QED) is 0.731. The molecule has 1 aliphatic carbocycles. The number of nitrogens with zero attached hydrogens (tertiary/aromatic N) is 2. The molecule has 0 spiro atoms. The van der Waals surface area contributed by atoms with Crippen molar-refractivity contribution in [2.45, 2.75) is 58.6 Å². The Morgan fingerprint density at radius 3 is 2.58 bits per heavy atom. The van der Waals surface area contributed by atoms with Crippen molar-refractivity contribution in [3.05, 3.63) is 23.8 Å². The zero-order chi connectivity index (χ0) is 24.1. The zero-order valence-electron chi connectivity index (χ0n) is 20.4. The van der Waals surface area contributed by atoms with E-state index in [4.69, 9.17) is 9.47 Å². The number of nitrogens with one attached hydrogen (secondary N) is 1. The maximum Gasteiger partial charge on any atom is 0.257 e. The van der Waals surface area contributed by atoms with Crippen LogP contribution in [0.5, 0.6) is 5.75 Å². The predicted octanol–water partition coefficient (Wildman–Crippen LogP) is 3.17. The highest BCUT2D eigenvalue weighted by Crippen LogP contribution is 2.33. The molecule has 0 radical (unpaired) electrons. The number of methoxy groups -OCH3 is 1. The van der Waals surface area contributed by atoms with Crippen molar-refractivity contribution in [1.82, 2.24) is 9.80 Å². The number of benzene rings is 1. The van der Waals surface area contributed by atoms with Gasteiger partial charge < -0.3 is 24.6 Å². The van der Waals surface area contributed by atoms with E-state index in [0.717, 1.165) is 12.8 Å². The Labute approximate surface area is 196 Å². The highest BCUT2D eigenvalue weighted by Gasteiger charge is 2.33. The van der Waals surface area contributed by atoms with Crippen LogP contribution in [0.25, 0.3) is 0 Å². The molecule has 8 heteroatoms. The molecule has 1 fully saturated rings. The average molecular weight is 460 g/mol. The summed E-state index contributed by atoms with van der Waals surface area (Å²) in [6.45, 7) is 7.00. The molecule has 1 N–H and O–H groups in total. The number of ether oxygens (including phenoxy) is 2.